The van der Waals surface area contributed by atoms with E-state index in [1.807, 2.05) is 59.6 Å². The normalized spacial score (nSPS) is 16.0. The van der Waals surface area contributed by atoms with Crippen LogP contribution < -0.4 is 5.32 Å². The molecule has 1 unspecified atom stereocenters. The van der Waals surface area contributed by atoms with Gasteiger partial charge in [0.2, 0.25) is 0 Å². The summed E-state index contributed by atoms with van der Waals surface area (Å²) in [6.45, 7) is 1.22. The van der Waals surface area contributed by atoms with E-state index >= 15 is 0 Å². The number of rotatable bonds is 3. The Labute approximate surface area is 153 Å². The maximum atomic E-state index is 13.0. The predicted molar refractivity (Wildman–Crippen MR) is 102 cm³/mol. The fourth-order valence-electron chi connectivity index (χ4n) is 3.56. The summed E-state index contributed by atoms with van der Waals surface area (Å²) in [6, 6.07) is 22.2. The molecule has 2 aromatic carbocycles. The van der Waals surface area contributed by atoms with Gasteiger partial charge in [0.05, 0.1) is 6.04 Å². The van der Waals surface area contributed by atoms with Gasteiger partial charge in [-0.25, -0.2) is 4.79 Å². The van der Waals surface area contributed by atoms with Gasteiger partial charge in [0.25, 0.3) is 0 Å². The lowest BCUT2D eigenvalue weighted by molar-refractivity contribution is 0.179. The van der Waals surface area contributed by atoms with Gasteiger partial charge in [0.15, 0.2) is 0 Å². The second kappa shape index (κ2) is 7.40. The summed E-state index contributed by atoms with van der Waals surface area (Å²) in [6.07, 6.45) is 4.48. The fourth-order valence-corrected chi connectivity index (χ4v) is 3.56. The molecule has 4 nitrogen and oxygen atoms in total. The van der Waals surface area contributed by atoms with Crippen LogP contribution in [-0.2, 0) is 13.0 Å². The molecule has 4 rings (SSSR count). The van der Waals surface area contributed by atoms with Crippen LogP contribution in [0.25, 0.3) is 0 Å². The minimum absolute atomic E-state index is 0.0443. The average Bonchev–Trinajstić information content (AvgIpc) is 2.72. The number of nitrogens with zero attached hydrogens (tertiary/aromatic N) is 2. The number of fused-ring (bicyclic) bond motifs is 1. The van der Waals surface area contributed by atoms with Crippen LogP contribution in [0.3, 0.4) is 0 Å². The maximum absolute atomic E-state index is 13.0. The maximum Gasteiger partial charge on any atom is 0.318 e. The third kappa shape index (κ3) is 3.31. The largest absolute Gasteiger partial charge is 0.334 e. The molecule has 1 aliphatic rings. The molecule has 1 N–H and O–H groups in total. The topological polar surface area (TPSA) is 45.2 Å². The van der Waals surface area contributed by atoms with E-state index < -0.39 is 0 Å². The number of benzene rings is 2. The van der Waals surface area contributed by atoms with Crippen LogP contribution in [0.15, 0.2) is 79.1 Å². The first-order valence-corrected chi connectivity index (χ1v) is 8.89. The van der Waals surface area contributed by atoms with Crippen LogP contribution in [0.5, 0.6) is 0 Å². The molecule has 3 aromatic rings. The first kappa shape index (κ1) is 16.3. The number of urea groups is 1. The summed E-state index contributed by atoms with van der Waals surface area (Å²) >= 11 is 0. The lowest BCUT2D eigenvalue weighted by Crippen LogP contribution is -2.45. The third-order valence-electron chi connectivity index (χ3n) is 4.83. The van der Waals surface area contributed by atoms with Gasteiger partial charge in [-0.3, -0.25) is 4.98 Å². The number of amides is 2. The Kier molecular flexibility index (Phi) is 4.65. The van der Waals surface area contributed by atoms with Crippen molar-refractivity contribution in [1.29, 1.82) is 0 Å². The van der Waals surface area contributed by atoms with Crippen LogP contribution in [0.1, 0.15) is 28.3 Å². The number of carbonyl (C=O) groups excluding carboxylic acids is 1. The van der Waals surface area contributed by atoms with Gasteiger partial charge in [-0.2, -0.15) is 0 Å². The van der Waals surface area contributed by atoms with Gasteiger partial charge < -0.3 is 10.2 Å². The summed E-state index contributed by atoms with van der Waals surface area (Å²) in [5.74, 6) is 0. The highest BCUT2D eigenvalue weighted by Gasteiger charge is 2.31. The van der Waals surface area contributed by atoms with Gasteiger partial charge in [0, 0.05) is 25.5 Å². The summed E-state index contributed by atoms with van der Waals surface area (Å²) in [5, 5.41) is 3.07. The molecular weight excluding hydrogens is 322 g/mol. The first-order valence-electron chi connectivity index (χ1n) is 8.89. The van der Waals surface area contributed by atoms with Crippen LogP contribution in [0, 0.1) is 0 Å². The van der Waals surface area contributed by atoms with E-state index in [-0.39, 0.29) is 12.1 Å². The standard InChI is InChI=1S/C22H21N3O/c26-22(24-15-17-7-2-1-3-8-17)25-14-12-18-9-4-5-11-20(18)21(25)19-10-6-13-23-16-19/h1-11,13,16,21H,12,14-15H2,(H,24,26). The van der Waals surface area contributed by atoms with Gasteiger partial charge in [-0.15, -0.1) is 0 Å². The van der Waals surface area contributed by atoms with E-state index in [1.165, 1.54) is 11.1 Å². The van der Waals surface area contributed by atoms with Crippen molar-refractivity contribution in [2.75, 3.05) is 6.54 Å². The molecule has 0 fully saturated rings. The predicted octanol–water partition coefficient (Wildman–Crippen LogP) is 3.94. The molecule has 0 spiro atoms. The molecule has 2 heterocycles. The fraction of sp³-hybridized carbons (Fsp3) is 0.182. The number of carbonyl (C=O) groups is 1. The Balaban J connectivity index is 1.61. The monoisotopic (exact) mass is 343 g/mol. The van der Waals surface area contributed by atoms with Crippen LogP contribution >= 0.6 is 0 Å². The molecule has 0 saturated carbocycles. The summed E-state index contributed by atoms with van der Waals surface area (Å²) in [7, 11) is 0. The smallest absolute Gasteiger partial charge is 0.318 e. The molecule has 130 valence electrons. The Morgan fingerprint density at radius 1 is 1.04 bits per heavy atom. The second-order valence-electron chi connectivity index (χ2n) is 6.48. The second-order valence-corrected chi connectivity index (χ2v) is 6.48. The lowest BCUT2D eigenvalue weighted by Gasteiger charge is -2.37. The molecule has 4 heteroatoms. The Hall–Kier alpha value is -3.14. The van der Waals surface area contributed by atoms with Gasteiger partial charge >= 0.3 is 6.03 Å². The van der Waals surface area contributed by atoms with Crippen molar-refractivity contribution in [2.24, 2.45) is 0 Å². The third-order valence-corrected chi connectivity index (χ3v) is 4.83. The van der Waals surface area contributed by atoms with Crippen molar-refractivity contribution in [3.8, 4) is 0 Å². The zero-order valence-corrected chi connectivity index (χ0v) is 14.5. The van der Waals surface area contributed by atoms with E-state index in [0.717, 1.165) is 17.5 Å². The van der Waals surface area contributed by atoms with Crippen LogP contribution in [0.4, 0.5) is 4.79 Å². The highest BCUT2D eigenvalue weighted by atomic mass is 16.2. The molecule has 1 aliphatic heterocycles. The van der Waals surface area contributed by atoms with Crippen LogP contribution in [-0.4, -0.2) is 22.5 Å². The first-order chi connectivity index (χ1) is 12.8. The van der Waals surface area contributed by atoms with Gasteiger partial charge in [-0.1, -0.05) is 60.7 Å². The number of hydrogen-bond donors (Lipinski definition) is 1. The van der Waals surface area contributed by atoms with E-state index in [0.29, 0.717) is 13.1 Å². The van der Waals surface area contributed by atoms with E-state index in [9.17, 15) is 4.79 Å². The van der Waals surface area contributed by atoms with Gasteiger partial charge in [0.1, 0.15) is 0 Å². The minimum Gasteiger partial charge on any atom is -0.334 e. The number of aromatic nitrogens is 1. The van der Waals surface area contributed by atoms with Crippen LogP contribution in [0.2, 0.25) is 0 Å². The van der Waals surface area contributed by atoms with Crippen molar-refractivity contribution < 1.29 is 4.79 Å². The average molecular weight is 343 g/mol. The SMILES string of the molecule is O=C(NCc1ccccc1)N1CCc2ccccc2C1c1cccnc1. The molecule has 0 saturated heterocycles. The summed E-state index contributed by atoms with van der Waals surface area (Å²) in [5.41, 5.74) is 4.61. The Morgan fingerprint density at radius 3 is 2.65 bits per heavy atom. The molecule has 2 amide bonds. The number of pyridine rings is 1. The lowest BCUT2D eigenvalue weighted by atomic mass is 9.89. The van der Waals surface area contributed by atoms with Crippen molar-refractivity contribution in [3.63, 3.8) is 0 Å². The molecule has 0 radical (unpaired) electrons. The molecule has 26 heavy (non-hydrogen) atoms. The highest BCUT2D eigenvalue weighted by Crippen LogP contribution is 2.34. The van der Waals surface area contributed by atoms with Gasteiger partial charge in [-0.05, 0) is 34.7 Å². The summed E-state index contributed by atoms with van der Waals surface area (Å²) in [4.78, 5) is 19.1. The van der Waals surface area contributed by atoms with Crippen molar-refractivity contribution in [2.45, 2.75) is 19.0 Å². The van der Waals surface area contributed by atoms with E-state index in [4.69, 9.17) is 0 Å². The molecular formula is C22H21N3O. The molecule has 0 bridgehead atoms. The molecule has 0 aliphatic carbocycles. The number of hydrogen-bond acceptors (Lipinski definition) is 2. The zero-order chi connectivity index (χ0) is 17.8. The van der Waals surface area contributed by atoms with Crippen molar-refractivity contribution >= 4 is 6.03 Å². The van der Waals surface area contributed by atoms with Crippen molar-refractivity contribution in [3.05, 3.63) is 101 Å². The molecule has 1 aromatic heterocycles. The van der Waals surface area contributed by atoms with E-state index in [2.05, 4.69) is 28.5 Å². The zero-order valence-electron chi connectivity index (χ0n) is 14.5. The number of nitrogens with one attached hydrogen (secondary N) is 1. The summed E-state index contributed by atoms with van der Waals surface area (Å²) < 4.78 is 0. The van der Waals surface area contributed by atoms with Crippen molar-refractivity contribution in [1.82, 2.24) is 15.2 Å². The minimum atomic E-state index is -0.107. The quantitative estimate of drug-likeness (QED) is 0.783. The highest BCUT2D eigenvalue weighted by molar-refractivity contribution is 5.76. The Morgan fingerprint density at radius 2 is 1.85 bits per heavy atom. The molecule has 1 atom stereocenters. The van der Waals surface area contributed by atoms with E-state index in [1.54, 1.807) is 6.20 Å². The Bertz CT molecular complexity index is 880.